The number of nitrogens with zero attached hydrogens (tertiary/aromatic N) is 1. The Morgan fingerprint density at radius 2 is 1.89 bits per heavy atom. The second-order valence-corrected chi connectivity index (χ2v) is 5.78. The van der Waals surface area contributed by atoms with Crippen LogP contribution in [0.3, 0.4) is 0 Å². The van der Waals surface area contributed by atoms with Gasteiger partial charge in [-0.2, -0.15) is 0 Å². The van der Waals surface area contributed by atoms with Crippen LogP contribution in [0, 0.1) is 12.8 Å². The van der Waals surface area contributed by atoms with E-state index in [0.29, 0.717) is 25.9 Å². The van der Waals surface area contributed by atoms with Crippen molar-refractivity contribution in [3.8, 4) is 0 Å². The minimum Gasteiger partial charge on any atom is -0.465 e. The van der Waals surface area contributed by atoms with E-state index in [0.717, 1.165) is 10.5 Å². The molecule has 19 heavy (non-hydrogen) atoms. The second kappa shape index (κ2) is 6.10. The first kappa shape index (κ1) is 13.9. The van der Waals surface area contributed by atoms with Gasteiger partial charge in [-0.05, 0) is 31.4 Å². The highest BCUT2D eigenvalue weighted by Gasteiger charge is 2.27. The van der Waals surface area contributed by atoms with Crippen molar-refractivity contribution in [2.45, 2.75) is 24.7 Å². The van der Waals surface area contributed by atoms with Crippen molar-refractivity contribution in [3.63, 3.8) is 0 Å². The summed E-state index contributed by atoms with van der Waals surface area (Å²) in [6.45, 7) is 2.91. The van der Waals surface area contributed by atoms with Gasteiger partial charge in [0.15, 0.2) is 5.12 Å². The van der Waals surface area contributed by atoms with Crippen LogP contribution in [0.25, 0.3) is 0 Å². The molecule has 4 nitrogen and oxygen atoms in total. The Labute approximate surface area is 116 Å². The molecule has 0 aliphatic carbocycles. The standard InChI is InChI=1S/C14H17NO3S/c1-10-4-2-3-5-12(10)19-13(16)11-6-8-15(9-7-11)14(17)18/h2-5,11H,6-9H2,1H3,(H,17,18). The summed E-state index contributed by atoms with van der Waals surface area (Å²) < 4.78 is 0. The predicted octanol–water partition coefficient (Wildman–Crippen LogP) is 3.00. The lowest BCUT2D eigenvalue weighted by Crippen LogP contribution is -2.38. The summed E-state index contributed by atoms with van der Waals surface area (Å²) in [7, 11) is 0. The summed E-state index contributed by atoms with van der Waals surface area (Å²) in [6.07, 6.45) is 0.367. The first-order chi connectivity index (χ1) is 9.08. The molecule has 1 amide bonds. The summed E-state index contributed by atoms with van der Waals surface area (Å²) in [5, 5.41) is 9.02. The van der Waals surface area contributed by atoms with Crippen molar-refractivity contribution in [2.75, 3.05) is 13.1 Å². The number of thioether (sulfide) groups is 1. The minimum absolute atomic E-state index is 0.0276. The smallest absolute Gasteiger partial charge is 0.407 e. The van der Waals surface area contributed by atoms with Crippen LogP contribution in [0.2, 0.25) is 0 Å². The van der Waals surface area contributed by atoms with Gasteiger partial charge in [-0.25, -0.2) is 4.79 Å². The lowest BCUT2D eigenvalue weighted by atomic mass is 9.99. The lowest BCUT2D eigenvalue weighted by Gasteiger charge is -2.28. The Kier molecular flexibility index (Phi) is 4.47. The average molecular weight is 279 g/mol. The Balaban J connectivity index is 1.92. The third-order valence-corrected chi connectivity index (χ3v) is 4.62. The molecule has 1 aromatic carbocycles. The van der Waals surface area contributed by atoms with E-state index in [9.17, 15) is 9.59 Å². The van der Waals surface area contributed by atoms with E-state index in [-0.39, 0.29) is 11.0 Å². The number of hydrogen-bond acceptors (Lipinski definition) is 3. The average Bonchev–Trinajstić information content (AvgIpc) is 2.41. The van der Waals surface area contributed by atoms with Crippen LogP contribution >= 0.6 is 11.8 Å². The van der Waals surface area contributed by atoms with Crippen LogP contribution in [0.1, 0.15) is 18.4 Å². The number of piperidine rings is 1. The first-order valence-corrected chi connectivity index (χ1v) is 7.15. The van der Waals surface area contributed by atoms with Crippen molar-refractivity contribution in [3.05, 3.63) is 29.8 Å². The van der Waals surface area contributed by atoms with Gasteiger partial charge >= 0.3 is 6.09 Å². The Bertz CT molecular complexity index is 481. The monoisotopic (exact) mass is 279 g/mol. The maximum atomic E-state index is 12.2. The third-order valence-electron chi connectivity index (χ3n) is 3.40. The Morgan fingerprint density at radius 3 is 2.47 bits per heavy atom. The van der Waals surface area contributed by atoms with Crippen LogP contribution < -0.4 is 0 Å². The van der Waals surface area contributed by atoms with Crippen molar-refractivity contribution in [1.29, 1.82) is 0 Å². The minimum atomic E-state index is -0.891. The number of carbonyl (C=O) groups is 2. The van der Waals surface area contributed by atoms with Gasteiger partial charge in [0.1, 0.15) is 0 Å². The molecule has 1 aliphatic rings. The van der Waals surface area contributed by atoms with Gasteiger partial charge in [0.2, 0.25) is 0 Å². The van der Waals surface area contributed by atoms with E-state index < -0.39 is 6.09 Å². The number of benzene rings is 1. The number of carbonyl (C=O) groups excluding carboxylic acids is 1. The van der Waals surface area contributed by atoms with Crippen molar-refractivity contribution in [2.24, 2.45) is 5.92 Å². The van der Waals surface area contributed by atoms with Crippen LogP contribution in [-0.4, -0.2) is 34.3 Å². The van der Waals surface area contributed by atoms with E-state index >= 15 is 0 Å². The molecule has 1 N–H and O–H groups in total. The number of likely N-dealkylation sites (tertiary alicyclic amines) is 1. The molecule has 0 aromatic heterocycles. The molecule has 0 atom stereocenters. The fourth-order valence-corrected chi connectivity index (χ4v) is 3.16. The fraction of sp³-hybridized carbons (Fsp3) is 0.429. The molecule has 1 fully saturated rings. The molecule has 1 aliphatic heterocycles. The van der Waals surface area contributed by atoms with E-state index in [1.165, 1.54) is 16.7 Å². The Hall–Kier alpha value is -1.49. The van der Waals surface area contributed by atoms with Gasteiger partial charge in [0, 0.05) is 23.9 Å². The fourth-order valence-electron chi connectivity index (χ4n) is 2.17. The van der Waals surface area contributed by atoms with Gasteiger partial charge in [-0.3, -0.25) is 4.79 Å². The molecule has 0 radical (unpaired) electrons. The van der Waals surface area contributed by atoms with Crippen LogP contribution in [0.15, 0.2) is 29.2 Å². The molecule has 0 spiro atoms. The quantitative estimate of drug-likeness (QED) is 0.845. The van der Waals surface area contributed by atoms with Crippen LogP contribution in [0.4, 0.5) is 4.79 Å². The first-order valence-electron chi connectivity index (χ1n) is 6.33. The molecule has 5 heteroatoms. The molecule has 1 aromatic rings. The molecule has 1 heterocycles. The number of rotatable bonds is 2. The van der Waals surface area contributed by atoms with E-state index in [1.54, 1.807) is 0 Å². The Morgan fingerprint density at radius 1 is 1.26 bits per heavy atom. The normalized spacial score (nSPS) is 16.4. The summed E-state index contributed by atoms with van der Waals surface area (Å²) in [6, 6.07) is 7.82. The van der Waals surface area contributed by atoms with E-state index in [1.807, 2.05) is 31.2 Å². The van der Waals surface area contributed by atoms with E-state index in [4.69, 9.17) is 5.11 Å². The van der Waals surface area contributed by atoms with Crippen molar-refractivity contribution >= 4 is 23.0 Å². The second-order valence-electron chi connectivity index (χ2n) is 4.73. The zero-order valence-corrected chi connectivity index (χ0v) is 11.7. The third kappa shape index (κ3) is 3.50. The molecule has 0 saturated carbocycles. The largest absolute Gasteiger partial charge is 0.465 e. The van der Waals surface area contributed by atoms with Crippen LogP contribution in [-0.2, 0) is 4.79 Å². The highest BCUT2D eigenvalue weighted by molar-refractivity contribution is 8.13. The van der Waals surface area contributed by atoms with E-state index in [2.05, 4.69) is 0 Å². The molecular weight excluding hydrogens is 262 g/mol. The highest BCUT2D eigenvalue weighted by Crippen LogP contribution is 2.29. The summed E-state index contributed by atoms with van der Waals surface area (Å²) in [5.74, 6) is -0.0276. The molecule has 0 bridgehead atoms. The molecule has 0 unspecified atom stereocenters. The summed E-state index contributed by atoms with van der Waals surface area (Å²) in [5.41, 5.74) is 1.10. The predicted molar refractivity (Wildman–Crippen MR) is 74.4 cm³/mol. The molecular formula is C14H17NO3S. The topological polar surface area (TPSA) is 57.6 Å². The van der Waals surface area contributed by atoms with Crippen LogP contribution in [0.5, 0.6) is 0 Å². The zero-order chi connectivity index (χ0) is 13.8. The molecule has 1 saturated heterocycles. The number of hydrogen-bond donors (Lipinski definition) is 1. The SMILES string of the molecule is Cc1ccccc1SC(=O)C1CCN(C(=O)O)CC1. The van der Waals surface area contributed by atoms with Crippen molar-refractivity contribution in [1.82, 2.24) is 4.90 Å². The lowest BCUT2D eigenvalue weighted by molar-refractivity contribution is -0.115. The van der Waals surface area contributed by atoms with Gasteiger partial charge in [0.05, 0.1) is 0 Å². The summed E-state index contributed by atoms with van der Waals surface area (Å²) >= 11 is 1.28. The van der Waals surface area contributed by atoms with Gasteiger partial charge in [-0.15, -0.1) is 0 Å². The summed E-state index contributed by atoms with van der Waals surface area (Å²) in [4.78, 5) is 25.4. The maximum Gasteiger partial charge on any atom is 0.407 e. The highest BCUT2D eigenvalue weighted by atomic mass is 32.2. The van der Waals surface area contributed by atoms with Gasteiger partial charge < -0.3 is 10.0 Å². The number of carboxylic acid groups (broad SMARTS) is 1. The van der Waals surface area contributed by atoms with Gasteiger partial charge in [0.25, 0.3) is 0 Å². The molecule has 2 rings (SSSR count). The molecule has 102 valence electrons. The zero-order valence-electron chi connectivity index (χ0n) is 10.8. The van der Waals surface area contributed by atoms with Crippen molar-refractivity contribution < 1.29 is 14.7 Å². The number of amides is 1. The van der Waals surface area contributed by atoms with Gasteiger partial charge in [-0.1, -0.05) is 30.0 Å². The number of aryl methyl sites for hydroxylation is 1. The maximum absolute atomic E-state index is 12.2.